The predicted molar refractivity (Wildman–Crippen MR) is 124 cm³/mol. The van der Waals surface area contributed by atoms with E-state index in [9.17, 15) is 9.18 Å². The molecular weight excluding hydrogens is 425 g/mol. The summed E-state index contributed by atoms with van der Waals surface area (Å²) in [6.07, 6.45) is 4.03. The fraction of sp³-hybridized carbons (Fsp3) is 0.167. The van der Waals surface area contributed by atoms with E-state index in [1.165, 1.54) is 23.9 Å². The molecule has 2 aromatic heterocycles. The Morgan fingerprint density at radius 2 is 1.88 bits per heavy atom. The Bertz CT molecular complexity index is 1210. The summed E-state index contributed by atoms with van der Waals surface area (Å²) in [6, 6.07) is 17.5. The first kappa shape index (κ1) is 21.7. The molecular formula is C24H22FN5OS. The summed E-state index contributed by atoms with van der Waals surface area (Å²) in [5.41, 5.74) is 3.38. The molecule has 1 atom stereocenters. The topological polar surface area (TPSA) is 72.7 Å². The van der Waals surface area contributed by atoms with Gasteiger partial charge in [0.15, 0.2) is 11.0 Å². The van der Waals surface area contributed by atoms with Gasteiger partial charge in [-0.25, -0.2) is 4.39 Å². The van der Waals surface area contributed by atoms with Gasteiger partial charge in [-0.3, -0.25) is 14.3 Å². The minimum absolute atomic E-state index is 0.175. The number of thioether (sulfide) groups is 1. The number of halogens is 1. The van der Waals surface area contributed by atoms with Crippen molar-refractivity contribution in [1.29, 1.82) is 0 Å². The summed E-state index contributed by atoms with van der Waals surface area (Å²) in [4.78, 5) is 17.1. The fourth-order valence-corrected chi connectivity index (χ4v) is 4.23. The van der Waals surface area contributed by atoms with Gasteiger partial charge in [-0.05, 0) is 61.4 Å². The normalized spacial score (nSPS) is 11.8. The molecule has 0 saturated carbocycles. The van der Waals surface area contributed by atoms with Crippen LogP contribution in [-0.4, -0.2) is 30.9 Å². The molecule has 2 heterocycles. The second-order valence-corrected chi connectivity index (χ2v) is 8.35. The van der Waals surface area contributed by atoms with E-state index in [1.807, 2.05) is 54.8 Å². The Balaban J connectivity index is 1.68. The number of anilines is 1. The monoisotopic (exact) mass is 447 g/mol. The third-order valence-electron chi connectivity index (χ3n) is 4.93. The zero-order chi connectivity index (χ0) is 22.5. The van der Waals surface area contributed by atoms with Crippen LogP contribution in [-0.2, 0) is 4.79 Å². The average Bonchev–Trinajstić information content (AvgIpc) is 3.23. The largest absolute Gasteiger partial charge is 0.325 e. The lowest BCUT2D eigenvalue weighted by molar-refractivity contribution is -0.115. The Kier molecular flexibility index (Phi) is 6.61. The molecule has 0 aliphatic heterocycles. The maximum absolute atomic E-state index is 13.2. The molecule has 0 spiro atoms. The van der Waals surface area contributed by atoms with Crippen molar-refractivity contribution >= 4 is 23.4 Å². The summed E-state index contributed by atoms with van der Waals surface area (Å²) in [5.74, 6) is 0.133. The van der Waals surface area contributed by atoms with Gasteiger partial charge in [-0.15, -0.1) is 10.2 Å². The number of nitrogens with one attached hydrogen (secondary N) is 1. The van der Waals surface area contributed by atoms with Crippen molar-refractivity contribution in [3.63, 3.8) is 0 Å². The molecule has 32 heavy (non-hydrogen) atoms. The number of hydrogen-bond donors (Lipinski definition) is 1. The van der Waals surface area contributed by atoms with Crippen LogP contribution >= 0.6 is 11.8 Å². The van der Waals surface area contributed by atoms with E-state index in [0.717, 1.165) is 16.8 Å². The summed E-state index contributed by atoms with van der Waals surface area (Å²) >= 11 is 1.35. The molecule has 1 unspecified atom stereocenters. The van der Waals surface area contributed by atoms with Crippen LogP contribution < -0.4 is 5.32 Å². The van der Waals surface area contributed by atoms with Gasteiger partial charge in [-0.2, -0.15) is 0 Å². The van der Waals surface area contributed by atoms with Crippen LogP contribution in [0.4, 0.5) is 10.1 Å². The molecule has 0 fully saturated rings. The highest BCUT2D eigenvalue weighted by atomic mass is 32.2. The molecule has 0 radical (unpaired) electrons. The lowest BCUT2D eigenvalue weighted by atomic mass is 10.2. The zero-order valence-corrected chi connectivity index (χ0v) is 18.5. The summed E-state index contributed by atoms with van der Waals surface area (Å²) in [5, 5.41) is 11.9. The number of amides is 1. The van der Waals surface area contributed by atoms with E-state index in [-0.39, 0.29) is 11.7 Å². The van der Waals surface area contributed by atoms with Crippen LogP contribution in [0.3, 0.4) is 0 Å². The smallest absolute Gasteiger partial charge is 0.237 e. The number of hydrogen-bond acceptors (Lipinski definition) is 5. The van der Waals surface area contributed by atoms with Crippen molar-refractivity contribution in [2.45, 2.75) is 30.7 Å². The number of pyridine rings is 1. The first-order chi connectivity index (χ1) is 15.6. The maximum atomic E-state index is 13.2. The second-order valence-electron chi connectivity index (χ2n) is 7.18. The second kappa shape index (κ2) is 9.74. The first-order valence-corrected chi connectivity index (χ1v) is 11.1. The molecule has 8 heteroatoms. The number of carbonyl (C=O) groups is 1. The Morgan fingerprint density at radius 3 is 2.56 bits per heavy atom. The highest BCUT2D eigenvalue weighted by molar-refractivity contribution is 8.00. The summed E-state index contributed by atoms with van der Waals surface area (Å²) < 4.78 is 15.1. The predicted octanol–water partition coefficient (Wildman–Crippen LogP) is 5.29. The minimum atomic E-state index is -0.409. The Morgan fingerprint density at radius 1 is 1.09 bits per heavy atom. The zero-order valence-electron chi connectivity index (χ0n) is 17.7. The van der Waals surface area contributed by atoms with E-state index in [4.69, 9.17) is 0 Å². The van der Waals surface area contributed by atoms with Crippen molar-refractivity contribution in [3.05, 3.63) is 84.4 Å². The van der Waals surface area contributed by atoms with E-state index < -0.39 is 5.25 Å². The fourth-order valence-electron chi connectivity index (χ4n) is 3.27. The van der Waals surface area contributed by atoms with Crippen LogP contribution in [0.25, 0.3) is 17.1 Å². The van der Waals surface area contributed by atoms with Gasteiger partial charge in [0, 0.05) is 23.6 Å². The van der Waals surface area contributed by atoms with E-state index in [2.05, 4.69) is 20.5 Å². The number of aryl methyl sites for hydroxylation is 1. The molecule has 0 aliphatic rings. The van der Waals surface area contributed by atoms with Crippen LogP contribution in [0.1, 0.15) is 18.9 Å². The molecule has 4 rings (SSSR count). The van der Waals surface area contributed by atoms with Gasteiger partial charge in [0.1, 0.15) is 5.82 Å². The van der Waals surface area contributed by atoms with Gasteiger partial charge in [-0.1, -0.05) is 36.9 Å². The van der Waals surface area contributed by atoms with Crippen molar-refractivity contribution in [1.82, 2.24) is 19.7 Å². The van der Waals surface area contributed by atoms with Crippen molar-refractivity contribution in [2.24, 2.45) is 0 Å². The molecule has 4 aromatic rings. The molecule has 1 N–H and O–H groups in total. The summed E-state index contributed by atoms with van der Waals surface area (Å²) in [7, 11) is 0. The molecule has 1 amide bonds. The van der Waals surface area contributed by atoms with Crippen LogP contribution in [0, 0.1) is 12.7 Å². The van der Waals surface area contributed by atoms with E-state index in [0.29, 0.717) is 23.1 Å². The third-order valence-corrected chi connectivity index (χ3v) is 6.24. The molecule has 0 saturated heterocycles. The van der Waals surface area contributed by atoms with E-state index >= 15 is 0 Å². The number of nitrogens with zero attached hydrogens (tertiary/aromatic N) is 4. The van der Waals surface area contributed by atoms with Gasteiger partial charge >= 0.3 is 0 Å². The maximum Gasteiger partial charge on any atom is 0.237 e. The summed E-state index contributed by atoms with van der Waals surface area (Å²) in [6.45, 7) is 3.97. The standard InChI is InChI=1S/C24H22FN5OS/c1-3-21(23(31)27-19-12-10-18(25)11-13-19)32-24-29-28-22(17-8-6-14-26-15-17)30(24)20-9-5-4-7-16(20)2/h4-15,21H,3H2,1-2H3,(H,27,31). The highest BCUT2D eigenvalue weighted by Gasteiger charge is 2.24. The van der Waals surface area contributed by atoms with Crippen LogP contribution in [0.15, 0.2) is 78.2 Å². The number of rotatable bonds is 7. The van der Waals surface area contributed by atoms with Crippen LogP contribution in [0.5, 0.6) is 0 Å². The van der Waals surface area contributed by atoms with Crippen molar-refractivity contribution in [2.75, 3.05) is 5.32 Å². The lowest BCUT2D eigenvalue weighted by Crippen LogP contribution is -2.25. The molecule has 0 bridgehead atoms. The average molecular weight is 448 g/mol. The number of benzene rings is 2. The first-order valence-electron chi connectivity index (χ1n) is 10.2. The van der Waals surface area contributed by atoms with Crippen molar-refractivity contribution < 1.29 is 9.18 Å². The third kappa shape index (κ3) is 4.70. The van der Waals surface area contributed by atoms with E-state index in [1.54, 1.807) is 24.5 Å². The number of aromatic nitrogens is 4. The van der Waals surface area contributed by atoms with Gasteiger partial charge < -0.3 is 5.32 Å². The Hall–Kier alpha value is -3.52. The quantitative estimate of drug-likeness (QED) is 0.390. The van der Waals surface area contributed by atoms with Crippen molar-refractivity contribution in [3.8, 4) is 17.1 Å². The Labute approximate surface area is 189 Å². The van der Waals surface area contributed by atoms with Gasteiger partial charge in [0.05, 0.1) is 10.9 Å². The van der Waals surface area contributed by atoms with Gasteiger partial charge in [0.25, 0.3) is 0 Å². The lowest BCUT2D eigenvalue weighted by Gasteiger charge is -2.17. The molecule has 6 nitrogen and oxygen atoms in total. The van der Waals surface area contributed by atoms with Crippen LogP contribution in [0.2, 0.25) is 0 Å². The minimum Gasteiger partial charge on any atom is -0.325 e. The molecule has 162 valence electrons. The molecule has 0 aliphatic carbocycles. The number of para-hydroxylation sites is 1. The number of carbonyl (C=O) groups excluding carboxylic acids is 1. The van der Waals surface area contributed by atoms with Gasteiger partial charge in [0.2, 0.25) is 5.91 Å². The molecule has 2 aromatic carbocycles. The highest BCUT2D eigenvalue weighted by Crippen LogP contribution is 2.32. The SMILES string of the molecule is CCC(Sc1nnc(-c2cccnc2)n1-c1ccccc1C)C(=O)Nc1ccc(F)cc1.